The Kier molecular flexibility index (Phi) is 5.25. The molecule has 0 saturated carbocycles. The predicted molar refractivity (Wildman–Crippen MR) is 86.2 cm³/mol. The summed E-state index contributed by atoms with van der Waals surface area (Å²) in [6, 6.07) is 4.05. The lowest BCUT2D eigenvalue weighted by molar-refractivity contribution is -0.123. The quantitative estimate of drug-likeness (QED) is 0.883. The summed E-state index contributed by atoms with van der Waals surface area (Å²) in [6.07, 6.45) is 6.37. The standard InChI is InChI=1S/C17H23N3O3/c1-13-2-6-20-12-14(19-16(20)10-13)11-18-17(21)5-9-23-15-3-7-22-8-4-15/h2,6,10,12,15H,3-5,7-9,11H2,1H3,(H,18,21). The van der Waals surface area contributed by atoms with Crippen LogP contribution in [0.2, 0.25) is 0 Å². The highest BCUT2D eigenvalue weighted by Crippen LogP contribution is 2.11. The van der Waals surface area contributed by atoms with E-state index >= 15 is 0 Å². The first kappa shape index (κ1) is 16.0. The van der Waals surface area contributed by atoms with Gasteiger partial charge in [0.2, 0.25) is 5.91 Å². The van der Waals surface area contributed by atoms with Crippen molar-refractivity contribution in [3.63, 3.8) is 0 Å². The molecule has 0 atom stereocenters. The molecule has 1 amide bonds. The molecule has 23 heavy (non-hydrogen) atoms. The molecule has 0 bridgehead atoms. The van der Waals surface area contributed by atoms with Gasteiger partial charge in [0.05, 0.1) is 24.9 Å². The number of amides is 1. The zero-order valence-corrected chi connectivity index (χ0v) is 13.5. The molecule has 1 aliphatic rings. The maximum atomic E-state index is 11.9. The van der Waals surface area contributed by atoms with Crippen molar-refractivity contribution in [3.8, 4) is 0 Å². The molecule has 6 nitrogen and oxygen atoms in total. The van der Waals surface area contributed by atoms with E-state index in [0.29, 0.717) is 19.6 Å². The van der Waals surface area contributed by atoms with E-state index < -0.39 is 0 Å². The Balaban J connectivity index is 1.40. The van der Waals surface area contributed by atoms with Crippen LogP contribution in [0, 0.1) is 6.92 Å². The smallest absolute Gasteiger partial charge is 0.222 e. The van der Waals surface area contributed by atoms with E-state index in [0.717, 1.165) is 37.4 Å². The van der Waals surface area contributed by atoms with Gasteiger partial charge in [0, 0.05) is 32.0 Å². The lowest BCUT2D eigenvalue weighted by atomic mass is 10.1. The number of pyridine rings is 1. The molecular formula is C17H23N3O3. The van der Waals surface area contributed by atoms with Gasteiger partial charge in [-0.15, -0.1) is 0 Å². The molecule has 1 aliphatic heterocycles. The Morgan fingerprint density at radius 1 is 1.48 bits per heavy atom. The zero-order valence-electron chi connectivity index (χ0n) is 13.5. The Labute approximate surface area is 135 Å². The topological polar surface area (TPSA) is 64.9 Å². The number of hydrogen-bond donors (Lipinski definition) is 1. The molecule has 124 valence electrons. The van der Waals surface area contributed by atoms with Crippen LogP contribution < -0.4 is 5.32 Å². The number of imidazole rings is 1. The Morgan fingerprint density at radius 2 is 2.30 bits per heavy atom. The fourth-order valence-electron chi connectivity index (χ4n) is 2.66. The molecule has 0 spiro atoms. The van der Waals surface area contributed by atoms with Crippen LogP contribution in [0.4, 0.5) is 0 Å². The summed E-state index contributed by atoms with van der Waals surface area (Å²) in [7, 11) is 0. The normalized spacial score (nSPS) is 15.9. The number of carbonyl (C=O) groups excluding carboxylic acids is 1. The molecule has 6 heteroatoms. The van der Waals surface area contributed by atoms with E-state index in [1.165, 1.54) is 5.56 Å². The van der Waals surface area contributed by atoms with Crippen LogP contribution in [0.1, 0.15) is 30.5 Å². The first-order chi connectivity index (χ1) is 11.2. The fraction of sp³-hybridized carbons (Fsp3) is 0.529. The highest BCUT2D eigenvalue weighted by Gasteiger charge is 2.14. The van der Waals surface area contributed by atoms with Gasteiger partial charge in [-0.3, -0.25) is 4.79 Å². The molecule has 2 aromatic heterocycles. The third kappa shape index (κ3) is 4.53. The highest BCUT2D eigenvalue weighted by atomic mass is 16.5. The van der Waals surface area contributed by atoms with Crippen molar-refractivity contribution in [2.24, 2.45) is 0 Å². The first-order valence-electron chi connectivity index (χ1n) is 8.11. The van der Waals surface area contributed by atoms with E-state index in [1.54, 1.807) is 0 Å². The Morgan fingerprint density at radius 3 is 3.13 bits per heavy atom. The van der Waals surface area contributed by atoms with Gasteiger partial charge in [-0.1, -0.05) is 0 Å². The van der Waals surface area contributed by atoms with Gasteiger partial charge >= 0.3 is 0 Å². The van der Waals surface area contributed by atoms with Crippen molar-refractivity contribution >= 4 is 11.6 Å². The minimum Gasteiger partial charge on any atom is -0.381 e. The monoisotopic (exact) mass is 317 g/mol. The molecule has 1 N–H and O–H groups in total. The number of aromatic nitrogens is 2. The molecule has 0 unspecified atom stereocenters. The average molecular weight is 317 g/mol. The van der Waals surface area contributed by atoms with Crippen LogP contribution in [-0.2, 0) is 20.8 Å². The molecule has 0 aliphatic carbocycles. The van der Waals surface area contributed by atoms with Gasteiger partial charge in [0.25, 0.3) is 0 Å². The SMILES string of the molecule is Cc1ccn2cc(CNC(=O)CCOC3CCOCC3)nc2c1. The number of fused-ring (bicyclic) bond motifs is 1. The summed E-state index contributed by atoms with van der Waals surface area (Å²) in [5, 5.41) is 2.89. The van der Waals surface area contributed by atoms with Crippen LogP contribution in [0.15, 0.2) is 24.5 Å². The van der Waals surface area contributed by atoms with Crippen molar-refractivity contribution in [1.29, 1.82) is 0 Å². The van der Waals surface area contributed by atoms with E-state index in [1.807, 2.05) is 35.9 Å². The lowest BCUT2D eigenvalue weighted by Gasteiger charge is -2.22. The van der Waals surface area contributed by atoms with Crippen molar-refractivity contribution in [2.75, 3.05) is 19.8 Å². The maximum absolute atomic E-state index is 11.9. The average Bonchev–Trinajstić information content (AvgIpc) is 2.96. The van der Waals surface area contributed by atoms with Crippen LogP contribution >= 0.6 is 0 Å². The number of ether oxygens (including phenoxy) is 2. The maximum Gasteiger partial charge on any atom is 0.222 e. The summed E-state index contributed by atoms with van der Waals surface area (Å²) in [5.74, 6) is -0.00899. The number of carbonyl (C=O) groups is 1. The fourth-order valence-corrected chi connectivity index (χ4v) is 2.66. The van der Waals surface area contributed by atoms with Gasteiger partial charge in [0.15, 0.2) is 0 Å². The molecule has 3 heterocycles. The molecule has 0 aromatic carbocycles. The largest absolute Gasteiger partial charge is 0.381 e. The van der Waals surface area contributed by atoms with Gasteiger partial charge in [-0.2, -0.15) is 0 Å². The van der Waals surface area contributed by atoms with Gasteiger partial charge in [-0.25, -0.2) is 4.98 Å². The third-order valence-electron chi connectivity index (χ3n) is 3.98. The van der Waals surface area contributed by atoms with E-state index in [9.17, 15) is 4.79 Å². The first-order valence-corrected chi connectivity index (χ1v) is 8.11. The summed E-state index contributed by atoms with van der Waals surface area (Å²) in [6.45, 7) is 4.45. The van der Waals surface area contributed by atoms with Crippen LogP contribution in [0.25, 0.3) is 5.65 Å². The van der Waals surface area contributed by atoms with E-state index in [-0.39, 0.29) is 12.0 Å². The minimum atomic E-state index is -0.00899. The van der Waals surface area contributed by atoms with Crippen molar-refractivity contribution in [2.45, 2.75) is 38.8 Å². The zero-order chi connectivity index (χ0) is 16.1. The summed E-state index contributed by atoms with van der Waals surface area (Å²) in [5.41, 5.74) is 2.93. The number of hydrogen-bond acceptors (Lipinski definition) is 4. The van der Waals surface area contributed by atoms with Crippen LogP contribution in [0.5, 0.6) is 0 Å². The second-order valence-electron chi connectivity index (χ2n) is 5.91. The van der Waals surface area contributed by atoms with Gasteiger partial charge < -0.3 is 19.2 Å². The van der Waals surface area contributed by atoms with Crippen molar-refractivity contribution < 1.29 is 14.3 Å². The number of nitrogens with one attached hydrogen (secondary N) is 1. The van der Waals surface area contributed by atoms with Gasteiger partial charge in [0.1, 0.15) is 5.65 Å². The predicted octanol–water partition coefficient (Wildman–Crippen LogP) is 1.84. The van der Waals surface area contributed by atoms with Crippen molar-refractivity contribution in [3.05, 3.63) is 35.8 Å². The van der Waals surface area contributed by atoms with Crippen LogP contribution in [0.3, 0.4) is 0 Å². The Hall–Kier alpha value is -1.92. The molecule has 2 aromatic rings. The Bertz CT molecular complexity index is 662. The molecule has 3 rings (SSSR count). The third-order valence-corrected chi connectivity index (χ3v) is 3.98. The molecular weight excluding hydrogens is 294 g/mol. The lowest BCUT2D eigenvalue weighted by Crippen LogP contribution is -2.27. The number of nitrogens with zero attached hydrogens (tertiary/aromatic N) is 2. The molecule has 1 fully saturated rings. The van der Waals surface area contributed by atoms with Crippen LogP contribution in [-0.4, -0.2) is 41.2 Å². The van der Waals surface area contributed by atoms with E-state index in [2.05, 4.69) is 10.3 Å². The van der Waals surface area contributed by atoms with Gasteiger partial charge in [-0.05, 0) is 37.5 Å². The summed E-state index contributed by atoms with van der Waals surface area (Å²) < 4.78 is 12.9. The summed E-state index contributed by atoms with van der Waals surface area (Å²) >= 11 is 0. The molecule has 0 radical (unpaired) electrons. The van der Waals surface area contributed by atoms with Crippen molar-refractivity contribution in [1.82, 2.24) is 14.7 Å². The second-order valence-corrected chi connectivity index (χ2v) is 5.91. The minimum absolute atomic E-state index is 0.00899. The highest BCUT2D eigenvalue weighted by molar-refractivity contribution is 5.75. The second kappa shape index (κ2) is 7.57. The number of rotatable bonds is 6. The molecule has 1 saturated heterocycles. The number of aryl methyl sites for hydroxylation is 1. The van der Waals surface area contributed by atoms with E-state index in [4.69, 9.17) is 9.47 Å². The summed E-state index contributed by atoms with van der Waals surface area (Å²) in [4.78, 5) is 16.4.